The average Bonchev–Trinajstić information content (AvgIpc) is 3.35. The molecule has 2 saturated heterocycles. The van der Waals surface area contributed by atoms with Crippen LogP contribution in [0.4, 0.5) is 27.8 Å². The Morgan fingerprint density at radius 3 is 2.51 bits per heavy atom. The molecule has 0 aliphatic carbocycles. The predicted molar refractivity (Wildman–Crippen MR) is 143 cm³/mol. The highest BCUT2D eigenvalue weighted by molar-refractivity contribution is 5.90. The fourth-order valence-electron chi connectivity index (χ4n) is 4.63. The highest BCUT2D eigenvalue weighted by atomic mass is 16.2. The van der Waals surface area contributed by atoms with Crippen molar-refractivity contribution in [1.82, 2.24) is 25.1 Å². The Labute approximate surface area is 209 Å². The molecule has 35 heavy (non-hydrogen) atoms. The molecule has 3 N–H and O–H groups in total. The topological polar surface area (TPSA) is 88.7 Å². The van der Waals surface area contributed by atoms with Crippen LogP contribution in [0, 0.1) is 13.8 Å². The van der Waals surface area contributed by atoms with Gasteiger partial charge in [0.1, 0.15) is 17.5 Å². The van der Waals surface area contributed by atoms with E-state index >= 15 is 0 Å². The molecule has 0 saturated carbocycles. The van der Waals surface area contributed by atoms with E-state index in [0.29, 0.717) is 6.54 Å². The Bertz CT molecular complexity index is 983. The molecule has 3 heterocycles. The van der Waals surface area contributed by atoms with Gasteiger partial charge in [-0.05, 0) is 83.9 Å². The number of benzene rings is 1. The molecule has 0 atom stereocenters. The van der Waals surface area contributed by atoms with Gasteiger partial charge in [0.15, 0.2) is 0 Å². The van der Waals surface area contributed by atoms with Crippen LogP contribution < -0.4 is 20.9 Å². The first-order valence-electron chi connectivity index (χ1n) is 12.9. The summed E-state index contributed by atoms with van der Waals surface area (Å²) in [5.41, 5.74) is 2.67. The normalized spacial score (nSPS) is 16.9. The number of anilines is 4. The van der Waals surface area contributed by atoms with Gasteiger partial charge in [-0.1, -0.05) is 6.07 Å². The molecule has 9 nitrogen and oxygen atoms in total. The minimum Gasteiger partial charge on any atom is -0.354 e. The third-order valence-corrected chi connectivity index (χ3v) is 6.80. The fourth-order valence-corrected chi connectivity index (χ4v) is 4.63. The Balaban J connectivity index is 1.30. The Morgan fingerprint density at radius 1 is 0.971 bits per heavy atom. The number of likely N-dealkylation sites (N-methyl/N-ethyl adjacent to an activating group) is 1. The summed E-state index contributed by atoms with van der Waals surface area (Å²) >= 11 is 0. The van der Waals surface area contributed by atoms with Gasteiger partial charge < -0.3 is 30.7 Å². The number of unbranched alkanes of at least 4 members (excludes halogenated alkanes) is 1. The van der Waals surface area contributed by atoms with Gasteiger partial charge in [0.05, 0.1) is 0 Å². The molecule has 0 spiro atoms. The maximum absolute atomic E-state index is 12.5. The van der Waals surface area contributed by atoms with Gasteiger partial charge in [-0.15, -0.1) is 0 Å². The van der Waals surface area contributed by atoms with Crippen molar-refractivity contribution in [2.24, 2.45) is 0 Å². The van der Waals surface area contributed by atoms with E-state index in [1.54, 1.807) is 0 Å². The number of likely N-dealkylation sites (tertiary alicyclic amines) is 1. The number of carbonyl (C=O) groups excluding carboxylic acids is 1. The van der Waals surface area contributed by atoms with E-state index in [-0.39, 0.29) is 6.03 Å². The van der Waals surface area contributed by atoms with Crippen LogP contribution in [0.5, 0.6) is 0 Å². The maximum atomic E-state index is 12.5. The van der Waals surface area contributed by atoms with Gasteiger partial charge in [-0.3, -0.25) is 0 Å². The first-order valence-corrected chi connectivity index (χ1v) is 12.9. The number of carbonyl (C=O) groups is 1. The van der Waals surface area contributed by atoms with Crippen LogP contribution in [0.3, 0.4) is 0 Å². The van der Waals surface area contributed by atoms with Crippen LogP contribution in [0.25, 0.3) is 0 Å². The number of urea groups is 1. The lowest BCUT2D eigenvalue weighted by Crippen LogP contribution is -2.44. The first kappa shape index (κ1) is 25.2. The molecule has 2 aliphatic rings. The third-order valence-electron chi connectivity index (χ3n) is 6.80. The van der Waals surface area contributed by atoms with Crippen molar-refractivity contribution in [3.8, 4) is 0 Å². The Hall–Kier alpha value is -2.91. The second kappa shape index (κ2) is 12.2. The summed E-state index contributed by atoms with van der Waals surface area (Å²) in [4.78, 5) is 28.8. The summed E-state index contributed by atoms with van der Waals surface area (Å²) in [7, 11) is 2.15. The van der Waals surface area contributed by atoms with Crippen molar-refractivity contribution in [3.63, 3.8) is 0 Å². The molecule has 9 heteroatoms. The number of hydrogen-bond donors (Lipinski definition) is 3. The van der Waals surface area contributed by atoms with E-state index in [4.69, 9.17) is 0 Å². The summed E-state index contributed by atoms with van der Waals surface area (Å²) in [5, 5.41) is 9.39. The number of aromatic nitrogens is 2. The number of piperazine rings is 1. The lowest BCUT2D eigenvalue weighted by Gasteiger charge is -2.33. The maximum Gasteiger partial charge on any atom is 0.319 e. The van der Waals surface area contributed by atoms with E-state index in [1.807, 2.05) is 38.1 Å². The molecule has 190 valence electrons. The summed E-state index contributed by atoms with van der Waals surface area (Å²) < 4.78 is 0. The summed E-state index contributed by atoms with van der Waals surface area (Å²) in [6, 6.07) is 7.80. The van der Waals surface area contributed by atoms with Crippen LogP contribution in [-0.2, 0) is 0 Å². The van der Waals surface area contributed by atoms with E-state index in [9.17, 15) is 4.79 Å². The molecule has 2 fully saturated rings. The quantitative estimate of drug-likeness (QED) is 0.473. The van der Waals surface area contributed by atoms with Crippen molar-refractivity contribution >= 4 is 29.0 Å². The number of hydrogen-bond acceptors (Lipinski definition) is 7. The van der Waals surface area contributed by atoms with Crippen LogP contribution >= 0.6 is 0 Å². The van der Waals surface area contributed by atoms with Crippen LogP contribution in [0.2, 0.25) is 0 Å². The second-order valence-electron chi connectivity index (χ2n) is 9.74. The Kier molecular flexibility index (Phi) is 8.76. The number of aryl methyl sites for hydroxylation is 2. The fraction of sp³-hybridized carbons (Fsp3) is 0.577. The first-order chi connectivity index (χ1) is 17.0. The Morgan fingerprint density at radius 2 is 1.74 bits per heavy atom. The molecule has 2 aromatic rings. The van der Waals surface area contributed by atoms with Crippen molar-refractivity contribution in [2.75, 3.05) is 74.9 Å². The lowest BCUT2D eigenvalue weighted by atomic mass is 10.2. The van der Waals surface area contributed by atoms with Crippen LogP contribution in [-0.4, -0.2) is 85.2 Å². The van der Waals surface area contributed by atoms with Crippen LogP contribution in [0.1, 0.15) is 37.1 Å². The van der Waals surface area contributed by atoms with Crippen molar-refractivity contribution < 1.29 is 4.79 Å². The molecule has 0 bridgehead atoms. The van der Waals surface area contributed by atoms with Crippen LogP contribution in [0.15, 0.2) is 24.3 Å². The smallest absolute Gasteiger partial charge is 0.319 e. The van der Waals surface area contributed by atoms with Gasteiger partial charge in [0, 0.05) is 50.2 Å². The SMILES string of the molecule is Cc1nc(Nc2ccc(C)c(NC(=O)NCCCCN3CCCC3)c2)cc(N2CCN(C)CC2)n1. The van der Waals surface area contributed by atoms with E-state index in [1.165, 1.54) is 25.9 Å². The molecule has 2 aliphatic heterocycles. The van der Waals surface area contributed by atoms with E-state index in [2.05, 4.69) is 47.7 Å². The zero-order valence-electron chi connectivity index (χ0n) is 21.4. The number of rotatable bonds is 9. The van der Waals surface area contributed by atoms with Crippen molar-refractivity contribution in [2.45, 2.75) is 39.5 Å². The van der Waals surface area contributed by atoms with Gasteiger partial charge in [0.2, 0.25) is 0 Å². The minimum atomic E-state index is -0.165. The van der Waals surface area contributed by atoms with Crippen molar-refractivity contribution in [3.05, 3.63) is 35.7 Å². The molecule has 2 amide bonds. The number of amides is 2. The largest absolute Gasteiger partial charge is 0.354 e. The van der Waals surface area contributed by atoms with Gasteiger partial charge in [0.25, 0.3) is 0 Å². The minimum absolute atomic E-state index is 0.165. The average molecular weight is 481 g/mol. The molecule has 0 radical (unpaired) electrons. The molecule has 4 rings (SSSR count). The standard InChI is InChI=1S/C26H40N8O/c1-20-8-9-22(18-23(20)31-26(35)27-10-4-5-11-33-12-6-7-13-33)30-24-19-25(29-21(2)28-24)34-16-14-32(3)15-17-34/h8-9,18-19H,4-7,10-17H2,1-3H3,(H2,27,31,35)(H,28,29,30). The molecule has 1 aromatic heterocycles. The number of nitrogens with zero attached hydrogens (tertiary/aromatic N) is 5. The summed E-state index contributed by atoms with van der Waals surface area (Å²) in [6.45, 7) is 12.2. The molecule has 0 unspecified atom stereocenters. The molecule has 1 aromatic carbocycles. The molecular weight excluding hydrogens is 440 g/mol. The predicted octanol–water partition coefficient (Wildman–Crippen LogP) is 3.59. The third kappa shape index (κ3) is 7.53. The van der Waals surface area contributed by atoms with E-state index < -0.39 is 0 Å². The zero-order valence-corrected chi connectivity index (χ0v) is 21.4. The zero-order chi connectivity index (χ0) is 24.6. The monoisotopic (exact) mass is 480 g/mol. The second-order valence-corrected chi connectivity index (χ2v) is 9.74. The van der Waals surface area contributed by atoms with Crippen molar-refractivity contribution in [1.29, 1.82) is 0 Å². The highest BCUT2D eigenvalue weighted by Crippen LogP contribution is 2.25. The molecular formula is C26H40N8O. The van der Waals surface area contributed by atoms with E-state index in [0.717, 1.165) is 80.0 Å². The summed E-state index contributed by atoms with van der Waals surface area (Å²) in [5.74, 6) is 2.44. The van der Waals surface area contributed by atoms with Gasteiger partial charge in [-0.25, -0.2) is 14.8 Å². The van der Waals surface area contributed by atoms with Gasteiger partial charge >= 0.3 is 6.03 Å². The number of nitrogens with one attached hydrogen (secondary N) is 3. The highest BCUT2D eigenvalue weighted by Gasteiger charge is 2.17. The van der Waals surface area contributed by atoms with Gasteiger partial charge in [-0.2, -0.15) is 0 Å². The summed E-state index contributed by atoms with van der Waals surface area (Å²) in [6.07, 6.45) is 4.75. The lowest BCUT2D eigenvalue weighted by molar-refractivity contribution is 0.251.